The van der Waals surface area contributed by atoms with E-state index in [1.165, 1.54) is 118 Å². The molecule has 5 aliphatic rings. The van der Waals surface area contributed by atoms with Gasteiger partial charge in [-0.1, -0.05) is 196 Å². The number of benzene rings is 6. The Hall–Kier alpha value is -4.99. The van der Waals surface area contributed by atoms with E-state index in [0.717, 1.165) is 0 Å². The van der Waals surface area contributed by atoms with Gasteiger partial charge in [0, 0.05) is 47.8 Å². The van der Waals surface area contributed by atoms with E-state index < -0.39 is 0 Å². The Balaban J connectivity index is 0.00000444. The van der Waals surface area contributed by atoms with Crippen molar-refractivity contribution in [3.8, 4) is 0 Å². The van der Waals surface area contributed by atoms with Crippen LogP contribution in [0.3, 0.4) is 0 Å². The fraction of sp³-hybridized carbons (Fsp3) is 0.333. The van der Waals surface area contributed by atoms with Gasteiger partial charge in [-0.25, -0.2) is 0 Å². The van der Waals surface area contributed by atoms with Gasteiger partial charge >= 0.3 is 21.1 Å². The Bertz CT molecular complexity index is 2500. The molecule has 4 nitrogen and oxygen atoms in total. The second-order valence-corrected chi connectivity index (χ2v) is 20.1. The fourth-order valence-corrected chi connectivity index (χ4v) is 14.6. The van der Waals surface area contributed by atoms with Crippen LogP contribution in [-0.4, -0.2) is 24.2 Å². The van der Waals surface area contributed by atoms with Gasteiger partial charge in [0.25, 0.3) is 0 Å². The zero-order chi connectivity index (χ0) is 42.1. The minimum Gasteiger partial charge on any atom is -0.663 e. The first-order valence-corrected chi connectivity index (χ1v) is 24.6. The molecule has 4 fully saturated rings. The third kappa shape index (κ3) is 6.88. The molecule has 2 N–H and O–H groups in total. The van der Waals surface area contributed by atoms with Gasteiger partial charge in [0.05, 0.1) is 0 Å². The van der Waals surface area contributed by atoms with E-state index in [1.54, 1.807) is 0 Å². The van der Waals surface area contributed by atoms with E-state index in [4.69, 9.17) is 9.97 Å². The second-order valence-electron chi connectivity index (χ2n) is 20.1. The topological polar surface area (TPSA) is 52.3 Å². The molecule has 0 amide bonds. The zero-order valence-electron chi connectivity index (χ0n) is 37.0. The summed E-state index contributed by atoms with van der Waals surface area (Å²) in [6, 6.07) is 65.3. The van der Waals surface area contributed by atoms with Crippen LogP contribution >= 0.6 is 0 Å². The van der Waals surface area contributed by atoms with Crippen molar-refractivity contribution in [3.05, 3.63) is 215 Å². The van der Waals surface area contributed by atoms with Crippen molar-refractivity contribution < 1.29 is 21.1 Å². The maximum absolute atomic E-state index is 6.16. The number of nitrogens with zero attached hydrogens (tertiary/aromatic N) is 2. The molecule has 3 aliphatic carbocycles. The monoisotopic (exact) mass is 1030 g/mol. The number of rotatable bonds is 4. The molecule has 2 saturated heterocycles. The Morgan fingerprint density at radius 1 is 0.292 bits per heavy atom. The van der Waals surface area contributed by atoms with Crippen LogP contribution in [0.2, 0.25) is 0 Å². The second kappa shape index (κ2) is 17.3. The van der Waals surface area contributed by atoms with E-state index >= 15 is 0 Å². The predicted molar refractivity (Wildman–Crippen MR) is 260 cm³/mol. The van der Waals surface area contributed by atoms with E-state index in [9.17, 15) is 0 Å². The first kappa shape index (κ1) is 41.4. The first-order valence-electron chi connectivity index (χ1n) is 24.6. The van der Waals surface area contributed by atoms with Crippen LogP contribution in [0.1, 0.15) is 120 Å². The molecule has 8 aromatic rings. The first-order chi connectivity index (χ1) is 31.8. The number of nitrogens with one attached hydrogen (secondary N) is 2. The average molecular weight is 1030 g/mol. The minimum atomic E-state index is 0. The van der Waals surface area contributed by atoms with Gasteiger partial charge in [0.1, 0.15) is 0 Å². The molecule has 12 unspecified atom stereocenters. The molecule has 8 bridgehead atoms. The van der Waals surface area contributed by atoms with Gasteiger partial charge in [0.2, 0.25) is 0 Å². The van der Waals surface area contributed by atoms with Crippen molar-refractivity contribution in [3.63, 3.8) is 0 Å². The fourth-order valence-electron chi connectivity index (χ4n) is 14.6. The third-order valence-corrected chi connectivity index (χ3v) is 17.1. The van der Waals surface area contributed by atoms with Crippen molar-refractivity contribution in [2.45, 2.75) is 99.2 Å². The van der Waals surface area contributed by atoms with Crippen LogP contribution < -0.4 is 20.6 Å². The molecule has 13 rings (SSSR count). The van der Waals surface area contributed by atoms with Gasteiger partial charge in [0.15, 0.2) is 0 Å². The van der Waals surface area contributed by atoms with E-state index in [-0.39, 0.29) is 68.9 Å². The molecule has 2 aliphatic heterocycles. The van der Waals surface area contributed by atoms with E-state index in [1.807, 2.05) is 0 Å². The van der Waals surface area contributed by atoms with Crippen molar-refractivity contribution in [2.75, 3.05) is 0 Å². The van der Waals surface area contributed by atoms with Gasteiger partial charge in [-0.2, -0.15) is 0 Å². The molecule has 0 spiro atoms. The maximum atomic E-state index is 6.16. The van der Waals surface area contributed by atoms with E-state index in [0.29, 0.717) is 23.7 Å². The van der Waals surface area contributed by atoms with E-state index in [2.05, 4.69) is 180 Å². The quantitative estimate of drug-likeness (QED) is 0.184. The number of hydrogen-bond acceptors (Lipinski definition) is 2. The summed E-state index contributed by atoms with van der Waals surface area (Å²) >= 11 is 0. The average Bonchev–Trinajstić information content (AvgIpc) is 4.14. The Morgan fingerprint density at radius 3 is 0.738 bits per heavy atom. The van der Waals surface area contributed by atoms with Gasteiger partial charge in [-0.05, 0) is 93.2 Å². The standard InChI is InChI=1S/C60H58N4.Pt/c1-5-21-37(22-6-1)49-53-41-29-13-15-31-43(41)55(61-53)50(38-23-7-2-8-24-38)57-45-33-17-19-35-47(45)59(63-57)52(40-27-11-4-12-28-40)60-48-36-20-18-34-46(48)58(64-60)51(39-25-9-3-10-26-39)56-44-32-16-14-30-42(44)54(49)62-56;/h1-13,15,18,20-29,31,34,36,42,44-45,47,49-52,54,56-57,59,62-63H,14,16-17,19,30,32-33,35H2;/q-2;+2. The van der Waals surface area contributed by atoms with Crippen LogP contribution in [0.25, 0.3) is 21.5 Å². The van der Waals surface area contributed by atoms with Crippen LogP contribution in [0.15, 0.2) is 170 Å². The minimum absolute atomic E-state index is 0. The number of aromatic nitrogens is 2. The molecule has 4 heterocycles. The molecular formula is C60H58N4Pt. The van der Waals surface area contributed by atoms with Crippen LogP contribution in [-0.2, 0) is 21.1 Å². The third-order valence-electron chi connectivity index (χ3n) is 17.1. The van der Waals surface area contributed by atoms with Crippen molar-refractivity contribution >= 4 is 21.5 Å². The summed E-state index contributed by atoms with van der Waals surface area (Å²) in [4.78, 5) is 12.3. The van der Waals surface area contributed by atoms with Crippen LogP contribution in [0, 0.1) is 23.7 Å². The Labute approximate surface area is 398 Å². The number of hydrogen-bond donors (Lipinski definition) is 2. The van der Waals surface area contributed by atoms with Crippen LogP contribution in [0.5, 0.6) is 0 Å². The molecule has 2 saturated carbocycles. The molecule has 12 atom stereocenters. The molecule has 328 valence electrons. The van der Waals surface area contributed by atoms with Gasteiger partial charge in [-0.15, -0.1) is 22.8 Å². The molecule has 5 heteroatoms. The molecule has 65 heavy (non-hydrogen) atoms. The normalized spacial score (nSPS) is 30.6. The summed E-state index contributed by atoms with van der Waals surface area (Å²) in [6.07, 6.45) is 10.0. The molecule has 6 aromatic carbocycles. The molecular weight excluding hydrogens is 972 g/mol. The van der Waals surface area contributed by atoms with Crippen molar-refractivity contribution in [2.24, 2.45) is 23.7 Å². The van der Waals surface area contributed by atoms with Crippen LogP contribution in [0.4, 0.5) is 0 Å². The van der Waals surface area contributed by atoms with Gasteiger partial charge < -0.3 is 20.6 Å². The summed E-state index contributed by atoms with van der Waals surface area (Å²) in [5.74, 6) is 2.38. The smallest absolute Gasteiger partial charge is 0.663 e. The summed E-state index contributed by atoms with van der Waals surface area (Å²) < 4.78 is 0. The molecule has 0 radical (unpaired) electrons. The predicted octanol–water partition coefficient (Wildman–Crippen LogP) is 12.4. The Morgan fingerprint density at radius 2 is 0.508 bits per heavy atom. The summed E-state index contributed by atoms with van der Waals surface area (Å²) in [7, 11) is 0. The molecule has 2 aromatic heterocycles. The largest absolute Gasteiger partial charge is 2.00 e. The zero-order valence-corrected chi connectivity index (χ0v) is 39.2. The SMILES string of the molecule is [Pt+2].c1ccc(C2c3[n-]c(c4ccccc34)C(c3ccccc3)C3NC(C(c4ccccc4)c4[n-]c(c5ccccc45)C(c4ccccc4)C4NC2C2CCCCC24)C2CCCCC23)cc1. The van der Waals surface area contributed by atoms with Crippen molar-refractivity contribution in [1.29, 1.82) is 0 Å². The van der Waals surface area contributed by atoms with Crippen molar-refractivity contribution in [1.82, 2.24) is 20.6 Å². The van der Waals surface area contributed by atoms with Gasteiger partial charge in [-0.3, -0.25) is 0 Å². The maximum Gasteiger partial charge on any atom is 2.00 e. The summed E-state index contributed by atoms with van der Waals surface area (Å²) in [5, 5.41) is 14.5. The summed E-state index contributed by atoms with van der Waals surface area (Å²) in [5.41, 5.74) is 10.5. The Kier molecular flexibility index (Phi) is 11.1. The summed E-state index contributed by atoms with van der Waals surface area (Å²) in [6.45, 7) is 0.